The molecule has 82 valence electrons. The van der Waals surface area contributed by atoms with Gasteiger partial charge in [-0.1, -0.05) is 12.1 Å². The van der Waals surface area contributed by atoms with Crippen molar-refractivity contribution in [2.45, 2.75) is 44.6 Å². The van der Waals surface area contributed by atoms with Crippen molar-refractivity contribution in [3.63, 3.8) is 0 Å². The second-order valence-electron chi connectivity index (χ2n) is 4.26. The van der Waals surface area contributed by atoms with E-state index in [2.05, 4.69) is 25.1 Å². The molecule has 15 heavy (non-hydrogen) atoms. The van der Waals surface area contributed by atoms with E-state index in [0.717, 1.165) is 11.3 Å². The van der Waals surface area contributed by atoms with Crippen LogP contribution < -0.4 is 4.74 Å². The first-order valence-electron chi connectivity index (χ1n) is 5.62. The van der Waals surface area contributed by atoms with Gasteiger partial charge in [0.2, 0.25) is 0 Å². The largest absolute Gasteiger partial charge is 0.490 e. The normalized spacial score (nSPS) is 16.9. The van der Waals surface area contributed by atoms with Gasteiger partial charge in [0.25, 0.3) is 0 Å². The van der Waals surface area contributed by atoms with Crippen molar-refractivity contribution in [2.24, 2.45) is 0 Å². The average molecular weight is 225 g/mol. The Morgan fingerprint density at radius 1 is 1.33 bits per heavy atom. The van der Waals surface area contributed by atoms with Crippen LogP contribution in [0.2, 0.25) is 0 Å². The van der Waals surface area contributed by atoms with Gasteiger partial charge in [0, 0.05) is 5.88 Å². The Hall–Kier alpha value is -0.690. The molecule has 1 nitrogen and oxygen atoms in total. The van der Waals surface area contributed by atoms with E-state index in [4.69, 9.17) is 16.3 Å². The summed E-state index contributed by atoms with van der Waals surface area (Å²) < 4.78 is 5.99. The average Bonchev–Trinajstić information content (AvgIpc) is 2.74. The highest BCUT2D eigenvalue weighted by Gasteiger charge is 2.17. The molecule has 0 radical (unpaired) electrons. The molecule has 0 N–H and O–H groups in total. The van der Waals surface area contributed by atoms with Crippen LogP contribution in [0.1, 0.15) is 36.8 Å². The van der Waals surface area contributed by atoms with E-state index in [1.165, 1.54) is 31.2 Å². The lowest BCUT2D eigenvalue weighted by molar-refractivity contribution is 0.208. The van der Waals surface area contributed by atoms with Crippen LogP contribution in [0.5, 0.6) is 5.75 Å². The van der Waals surface area contributed by atoms with Gasteiger partial charge >= 0.3 is 0 Å². The molecule has 0 unspecified atom stereocenters. The van der Waals surface area contributed by atoms with Gasteiger partial charge in [0.05, 0.1) is 6.10 Å². The Kier molecular flexibility index (Phi) is 3.53. The van der Waals surface area contributed by atoms with E-state index < -0.39 is 0 Å². The maximum Gasteiger partial charge on any atom is 0.122 e. The summed E-state index contributed by atoms with van der Waals surface area (Å²) in [5, 5.41) is 0. The van der Waals surface area contributed by atoms with Crippen LogP contribution in [0, 0.1) is 6.92 Å². The zero-order valence-corrected chi connectivity index (χ0v) is 9.89. The molecule has 0 aliphatic heterocycles. The molecule has 2 heteroatoms. The van der Waals surface area contributed by atoms with E-state index in [1.807, 2.05) is 0 Å². The summed E-state index contributed by atoms with van der Waals surface area (Å²) in [6, 6.07) is 6.21. The van der Waals surface area contributed by atoms with E-state index in [9.17, 15) is 0 Å². The molecule has 0 heterocycles. The number of benzene rings is 1. The first-order chi connectivity index (χ1) is 7.29. The summed E-state index contributed by atoms with van der Waals surface area (Å²) in [5.74, 6) is 1.57. The fraction of sp³-hybridized carbons (Fsp3) is 0.538. The molecule has 1 fully saturated rings. The lowest BCUT2D eigenvalue weighted by Gasteiger charge is -2.15. The molecule has 1 aliphatic rings. The van der Waals surface area contributed by atoms with Gasteiger partial charge < -0.3 is 4.74 Å². The summed E-state index contributed by atoms with van der Waals surface area (Å²) in [6.07, 6.45) is 5.43. The molecule has 0 amide bonds. The molecule has 2 rings (SSSR count). The van der Waals surface area contributed by atoms with Gasteiger partial charge in [0.15, 0.2) is 0 Å². The maximum absolute atomic E-state index is 5.99. The Balaban J connectivity index is 2.11. The Labute approximate surface area is 96.4 Å². The smallest absolute Gasteiger partial charge is 0.122 e. The molecule has 0 aromatic heterocycles. The second kappa shape index (κ2) is 4.89. The number of halogens is 1. The van der Waals surface area contributed by atoms with Crippen LogP contribution in [0.4, 0.5) is 0 Å². The van der Waals surface area contributed by atoms with Crippen molar-refractivity contribution in [3.05, 3.63) is 29.3 Å². The minimum absolute atomic E-state index is 0.425. The Morgan fingerprint density at radius 3 is 2.73 bits per heavy atom. The van der Waals surface area contributed by atoms with Crippen molar-refractivity contribution in [1.82, 2.24) is 0 Å². The number of aryl methyl sites for hydroxylation is 1. The van der Waals surface area contributed by atoms with Crippen molar-refractivity contribution >= 4 is 11.6 Å². The molecule has 1 aliphatic carbocycles. The van der Waals surface area contributed by atoms with E-state index in [1.54, 1.807) is 0 Å². The Morgan fingerprint density at radius 2 is 2.07 bits per heavy atom. The zero-order valence-electron chi connectivity index (χ0n) is 9.13. The summed E-state index contributed by atoms with van der Waals surface area (Å²) in [4.78, 5) is 0. The Bertz CT molecular complexity index is 329. The van der Waals surface area contributed by atoms with E-state index in [0.29, 0.717) is 12.0 Å². The summed E-state index contributed by atoms with van der Waals surface area (Å²) in [7, 11) is 0. The predicted octanol–water partition coefficient (Wildman–Crippen LogP) is 4.06. The zero-order chi connectivity index (χ0) is 10.7. The van der Waals surface area contributed by atoms with Crippen molar-refractivity contribution < 1.29 is 4.74 Å². The fourth-order valence-corrected chi connectivity index (χ4v) is 2.21. The number of ether oxygens (including phenoxy) is 1. The molecule has 1 aromatic carbocycles. The van der Waals surface area contributed by atoms with E-state index in [-0.39, 0.29) is 0 Å². The van der Waals surface area contributed by atoms with Gasteiger partial charge in [-0.05, 0) is 49.8 Å². The molecular weight excluding hydrogens is 208 g/mol. The van der Waals surface area contributed by atoms with Gasteiger partial charge in [0.1, 0.15) is 5.75 Å². The number of hydrogen-bond donors (Lipinski definition) is 0. The molecular formula is C13H17ClO. The minimum Gasteiger partial charge on any atom is -0.490 e. The maximum atomic E-state index is 5.99. The van der Waals surface area contributed by atoms with E-state index >= 15 is 0 Å². The summed E-state index contributed by atoms with van der Waals surface area (Å²) in [5.41, 5.74) is 2.34. The third-order valence-corrected chi connectivity index (χ3v) is 3.31. The van der Waals surface area contributed by atoms with Crippen LogP contribution in [0.3, 0.4) is 0 Å². The van der Waals surface area contributed by atoms with Crippen molar-refractivity contribution in [1.29, 1.82) is 0 Å². The van der Waals surface area contributed by atoms with Gasteiger partial charge in [-0.2, -0.15) is 0 Å². The lowest BCUT2D eigenvalue weighted by atomic mass is 10.1. The topological polar surface area (TPSA) is 9.23 Å². The van der Waals surface area contributed by atoms with Crippen LogP contribution in [-0.4, -0.2) is 6.10 Å². The standard InChI is InChI=1S/C13H17ClO/c1-10-6-7-11(9-14)8-13(10)15-12-4-2-3-5-12/h6-8,12H,2-5,9H2,1H3. The predicted molar refractivity (Wildman–Crippen MR) is 63.6 cm³/mol. The number of alkyl halides is 1. The van der Waals surface area contributed by atoms with Crippen molar-refractivity contribution in [3.8, 4) is 5.75 Å². The first kappa shape index (κ1) is 10.8. The summed E-state index contributed by atoms with van der Waals surface area (Å²) >= 11 is 5.81. The quantitative estimate of drug-likeness (QED) is 0.704. The lowest BCUT2D eigenvalue weighted by Crippen LogP contribution is -2.11. The van der Waals surface area contributed by atoms with Crippen LogP contribution >= 0.6 is 11.6 Å². The van der Waals surface area contributed by atoms with Gasteiger partial charge in [-0.15, -0.1) is 11.6 Å². The third-order valence-electron chi connectivity index (χ3n) is 3.00. The highest BCUT2D eigenvalue weighted by atomic mass is 35.5. The third kappa shape index (κ3) is 2.66. The monoisotopic (exact) mass is 224 g/mol. The molecule has 0 bridgehead atoms. The number of rotatable bonds is 3. The molecule has 0 spiro atoms. The minimum atomic E-state index is 0.425. The fourth-order valence-electron chi connectivity index (χ4n) is 2.04. The van der Waals surface area contributed by atoms with Crippen LogP contribution in [0.25, 0.3) is 0 Å². The number of hydrogen-bond acceptors (Lipinski definition) is 1. The summed E-state index contributed by atoms with van der Waals surface area (Å²) in [6.45, 7) is 2.09. The molecule has 1 aromatic rings. The molecule has 1 saturated carbocycles. The highest BCUT2D eigenvalue weighted by Crippen LogP contribution is 2.27. The van der Waals surface area contributed by atoms with Crippen LogP contribution in [-0.2, 0) is 5.88 Å². The second-order valence-corrected chi connectivity index (χ2v) is 4.53. The van der Waals surface area contributed by atoms with Gasteiger partial charge in [-0.3, -0.25) is 0 Å². The van der Waals surface area contributed by atoms with Crippen molar-refractivity contribution in [2.75, 3.05) is 0 Å². The molecule has 0 saturated heterocycles. The highest BCUT2D eigenvalue weighted by molar-refractivity contribution is 6.17. The van der Waals surface area contributed by atoms with Crippen LogP contribution in [0.15, 0.2) is 18.2 Å². The first-order valence-corrected chi connectivity index (χ1v) is 6.15. The molecule has 0 atom stereocenters. The van der Waals surface area contributed by atoms with Gasteiger partial charge in [-0.25, -0.2) is 0 Å². The SMILES string of the molecule is Cc1ccc(CCl)cc1OC1CCCC1.